The summed E-state index contributed by atoms with van der Waals surface area (Å²) in [6.07, 6.45) is 2.06. The Bertz CT molecular complexity index is 555. The molecular weight excluding hydrogens is 310 g/mol. The molecule has 0 aromatic carbocycles. The first kappa shape index (κ1) is 15.2. The van der Waals surface area contributed by atoms with E-state index in [-0.39, 0.29) is 22.1 Å². The largest absolute Gasteiger partial charge is 0.486 e. The maximum Gasteiger partial charge on any atom is 0.224 e. The first-order valence-corrected chi connectivity index (χ1v) is 8.66. The van der Waals surface area contributed by atoms with E-state index in [0.29, 0.717) is 19.8 Å². The van der Waals surface area contributed by atoms with Crippen molar-refractivity contribution in [1.29, 1.82) is 0 Å². The van der Waals surface area contributed by atoms with Gasteiger partial charge in [-0.25, -0.2) is 4.98 Å². The number of nitrogens with zero attached hydrogens (tertiary/aromatic N) is 3. The SMILES string of the molecule is CSC(C)(C)c1nc(Cl)nc2c1OC[C@@H]1COC[C@@H](C)N21. The molecule has 0 aliphatic carbocycles. The van der Waals surface area contributed by atoms with Crippen LogP contribution in [0.4, 0.5) is 5.82 Å². The molecule has 7 heteroatoms. The van der Waals surface area contributed by atoms with Crippen molar-refractivity contribution in [3.63, 3.8) is 0 Å². The Morgan fingerprint density at radius 2 is 2.05 bits per heavy atom. The van der Waals surface area contributed by atoms with E-state index in [0.717, 1.165) is 17.3 Å². The average Bonchev–Trinajstić information content (AvgIpc) is 2.46. The van der Waals surface area contributed by atoms with Gasteiger partial charge in [0.15, 0.2) is 11.6 Å². The number of aromatic nitrogens is 2. The van der Waals surface area contributed by atoms with Crippen molar-refractivity contribution < 1.29 is 9.47 Å². The Morgan fingerprint density at radius 1 is 1.29 bits per heavy atom. The van der Waals surface area contributed by atoms with Crippen molar-refractivity contribution in [2.75, 3.05) is 31.0 Å². The van der Waals surface area contributed by atoms with Gasteiger partial charge in [-0.15, -0.1) is 0 Å². The van der Waals surface area contributed by atoms with E-state index in [1.165, 1.54) is 0 Å². The van der Waals surface area contributed by atoms with Crippen LogP contribution < -0.4 is 9.64 Å². The average molecular weight is 330 g/mol. The maximum atomic E-state index is 6.18. The molecule has 0 radical (unpaired) electrons. The van der Waals surface area contributed by atoms with E-state index in [1.807, 2.05) is 0 Å². The number of rotatable bonds is 2. The molecule has 3 heterocycles. The molecule has 1 fully saturated rings. The molecule has 0 N–H and O–H groups in total. The first-order valence-electron chi connectivity index (χ1n) is 7.06. The van der Waals surface area contributed by atoms with E-state index < -0.39 is 0 Å². The van der Waals surface area contributed by atoms with Crippen LogP contribution in [0.25, 0.3) is 0 Å². The highest BCUT2D eigenvalue weighted by molar-refractivity contribution is 7.99. The van der Waals surface area contributed by atoms with Crippen molar-refractivity contribution >= 4 is 29.2 Å². The van der Waals surface area contributed by atoms with Crippen LogP contribution in [0, 0.1) is 0 Å². The summed E-state index contributed by atoms with van der Waals surface area (Å²) < 4.78 is 11.4. The summed E-state index contributed by atoms with van der Waals surface area (Å²) in [6, 6.07) is 0.445. The monoisotopic (exact) mass is 329 g/mol. The van der Waals surface area contributed by atoms with Crippen LogP contribution in [0.1, 0.15) is 26.5 Å². The van der Waals surface area contributed by atoms with Gasteiger partial charge in [-0.3, -0.25) is 0 Å². The molecule has 21 heavy (non-hydrogen) atoms. The summed E-state index contributed by atoms with van der Waals surface area (Å²) in [5.74, 6) is 1.57. The number of hydrogen-bond donors (Lipinski definition) is 0. The van der Waals surface area contributed by atoms with Crippen LogP contribution in [-0.2, 0) is 9.48 Å². The molecule has 1 aromatic heterocycles. The normalized spacial score (nSPS) is 25.1. The fourth-order valence-electron chi connectivity index (χ4n) is 2.81. The van der Waals surface area contributed by atoms with Crippen molar-refractivity contribution in [2.24, 2.45) is 0 Å². The molecule has 1 saturated heterocycles. The summed E-state index contributed by atoms with van der Waals surface area (Å²) in [4.78, 5) is 11.2. The van der Waals surface area contributed by atoms with Crippen LogP contribution in [0.5, 0.6) is 5.75 Å². The highest BCUT2D eigenvalue weighted by Gasteiger charge is 2.40. The van der Waals surface area contributed by atoms with Gasteiger partial charge < -0.3 is 14.4 Å². The minimum absolute atomic E-state index is 0.182. The Kier molecular flexibility index (Phi) is 3.96. The first-order chi connectivity index (χ1) is 9.94. The summed E-state index contributed by atoms with van der Waals surface area (Å²) in [7, 11) is 0. The zero-order valence-corrected chi connectivity index (χ0v) is 14.3. The number of fused-ring (bicyclic) bond motifs is 3. The molecule has 0 unspecified atom stereocenters. The Labute approximate surface area is 134 Å². The van der Waals surface area contributed by atoms with Crippen molar-refractivity contribution in [3.8, 4) is 5.75 Å². The zero-order valence-electron chi connectivity index (χ0n) is 12.7. The highest BCUT2D eigenvalue weighted by Crippen LogP contribution is 2.45. The molecule has 2 atom stereocenters. The molecule has 116 valence electrons. The molecule has 0 amide bonds. The minimum Gasteiger partial charge on any atom is -0.486 e. The zero-order chi connectivity index (χ0) is 15.2. The van der Waals surface area contributed by atoms with Crippen molar-refractivity contribution in [1.82, 2.24) is 9.97 Å². The van der Waals surface area contributed by atoms with Gasteiger partial charge in [0.05, 0.1) is 30.0 Å². The van der Waals surface area contributed by atoms with Gasteiger partial charge in [-0.05, 0) is 38.6 Å². The van der Waals surface area contributed by atoms with Gasteiger partial charge in [0.1, 0.15) is 12.3 Å². The lowest BCUT2D eigenvalue weighted by molar-refractivity contribution is 0.0482. The molecule has 3 rings (SSSR count). The topological polar surface area (TPSA) is 47.5 Å². The quantitative estimate of drug-likeness (QED) is 0.777. The van der Waals surface area contributed by atoms with E-state index in [1.54, 1.807) is 11.8 Å². The van der Waals surface area contributed by atoms with Crippen LogP contribution in [0.3, 0.4) is 0 Å². The second-order valence-corrected chi connectivity index (χ2v) is 7.73. The van der Waals surface area contributed by atoms with Crippen LogP contribution in [0.15, 0.2) is 0 Å². The van der Waals surface area contributed by atoms with Gasteiger partial charge in [0.25, 0.3) is 0 Å². The Hall–Kier alpha value is -0.720. The lowest BCUT2D eigenvalue weighted by Gasteiger charge is -2.45. The Balaban J connectivity index is 2.13. The van der Waals surface area contributed by atoms with Gasteiger partial charge >= 0.3 is 0 Å². The molecule has 2 aliphatic heterocycles. The molecular formula is C14H20ClN3O2S. The lowest BCUT2D eigenvalue weighted by atomic mass is 10.0. The van der Waals surface area contributed by atoms with E-state index in [4.69, 9.17) is 21.1 Å². The third-order valence-electron chi connectivity index (χ3n) is 4.10. The third kappa shape index (κ3) is 2.58. The number of halogens is 1. The molecule has 2 aliphatic rings. The van der Waals surface area contributed by atoms with Crippen LogP contribution in [-0.4, -0.2) is 48.1 Å². The number of anilines is 1. The van der Waals surface area contributed by atoms with Gasteiger partial charge in [-0.2, -0.15) is 16.7 Å². The van der Waals surface area contributed by atoms with Gasteiger partial charge in [-0.1, -0.05) is 0 Å². The fourth-order valence-corrected chi connectivity index (χ4v) is 3.31. The second kappa shape index (κ2) is 5.48. The highest BCUT2D eigenvalue weighted by atomic mass is 35.5. The molecule has 0 bridgehead atoms. The molecule has 0 spiro atoms. The standard InChI is InChI=1S/C14H20ClN3O2S/c1-8-5-19-6-9-7-20-10-11(14(2,3)21-4)16-13(15)17-12(10)18(8)9/h8-9H,5-7H2,1-4H3/t8-,9+/m1/s1. The van der Waals surface area contributed by atoms with Crippen molar-refractivity contribution in [3.05, 3.63) is 11.0 Å². The van der Waals surface area contributed by atoms with Gasteiger partial charge in [0, 0.05) is 0 Å². The Morgan fingerprint density at radius 3 is 2.76 bits per heavy atom. The number of thioether (sulfide) groups is 1. The van der Waals surface area contributed by atoms with E-state index in [9.17, 15) is 0 Å². The van der Waals surface area contributed by atoms with Crippen molar-refractivity contribution in [2.45, 2.75) is 37.6 Å². The smallest absolute Gasteiger partial charge is 0.224 e. The summed E-state index contributed by atoms with van der Waals surface area (Å²) >= 11 is 7.90. The summed E-state index contributed by atoms with van der Waals surface area (Å²) in [5, 5.41) is 0.272. The predicted molar refractivity (Wildman–Crippen MR) is 85.6 cm³/mol. The van der Waals surface area contributed by atoms with Crippen LogP contribution in [0.2, 0.25) is 5.28 Å². The van der Waals surface area contributed by atoms with E-state index >= 15 is 0 Å². The van der Waals surface area contributed by atoms with Gasteiger partial charge in [0.2, 0.25) is 5.28 Å². The number of morpholine rings is 1. The van der Waals surface area contributed by atoms with Crippen LogP contribution >= 0.6 is 23.4 Å². The molecule has 5 nitrogen and oxygen atoms in total. The summed E-state index contributed by atoms with van der Waals surface area (Å²) in [5.41, 5.74) is 0.863. The number of ether oxygens (including phenoxy) is 2. The van der Waals surface area contributed by atoms with E-state index in [2.05, 4.69) is 41.9 Å². The minimum atomic E-state index is -0.182. The maximum absolute atomic E-state index is 6.18. The number of hydrogen-bond acceptors (Lipinski definition) is 6. The lowest BCUT2D eigenvalue weighted by Crippen LogP contribution is -2.56. The predicted octanol–water partition coefficient (Wildman–Crippen LogP) is 2.71. The third-order valence-corrected chi connectivity index (χ3v) is 5.49. The molecule has 0 saturated carbocycles. The second-order valence-electron chi connectivity index (χ2n) is 5.97. The molecule has 1 aromatic rings. The summed E-state index contributed by atoms with van der Waals surface area (Å²) in [6.45, 7) is 8.32. The fraction of sp³-hybridized carbons (Fsp3) is 0.714.